The third-order valence-electron chi connectivity index (χ3n) is 5.18. The van der Waals surface area contributed by atoms with Crippen LogP contribution < -0.4 is 9.64 Å². The van der Waals surface area contributed by atoms with E-state index < -0.39 is 23.5 Å². The van der Waals surface area contributed by atoms with Gasteiger partial charge in [-0.1, -0.05) is 41.9 Å². The Morgan fingerprint density at radius 3 is 2.38 bits per heavy atom. The summed E-state index contributed by atoms with van der Waals surface area (Å²) in [7, 11) is 0. The lowest BCUT2D eigenvalue weighted by Crippen LogP contribution is -2.29. The fourth-order valence-electron chi connectivity index (χ4n) is 3.72. The molecule has 0 bridgehead atoms. The maximum absolute atomic E-state index is 13.7. The number of hydrogen-bond acceptors (Lipinski definition) is 4. The Bertz CT molecular complexity index is 1210. The first-order valence-electron chi connectivity index (χ1n) is 9.96. The number of hydrogen-bond donors (Lipinski definition) is 1. The monoisotopic (exact) mass is 451 g/mol. The summed E-state index contributed by atoms with van der Waals surface area (Å²) in [6.45, 7) is 2.35. The van der Waals surface area contributed by atoms with Crippen molar-refractivity contribution < 1.29 is 23.8 Å². The number of ether oxygens (including phenoxy) is 1. The summed E-state index contributed by atoms with van der Waals surface area (Å²) < 4.78 is 19.2. The molecular weight excluding hydrogens is 433 g/mol. The van der Waals surface area contributed by atoms with Crippen LogP contribution in [0.15, 0.2) is 78.4 Å². The molecule has 32 heavy (non-hydrogen) atoms. The van der Waals surface area contributed by atoms with Crippen LogP contribution in [0.5, 0.6) is 5.75 Å². The Labute approximate surface area is 189 Å². The van der Waals surface area contributed by atoms with Crippen LogP contribution in [0.2, 0.25) is 5.02 Å². The average Bonchev–Trinajstić information content (AvgIpc) is 3.07. The molecular formula is C25H19ClFNO4. The minimum Gasteiger partial charge on any atom is -0.507 e. The number of aliphatic hydroxyl groups is 1. The maximum atomic E-state index is 13.7. The largest absolute Gasteiger partial charge is 0.507 e. The molecule has 0 aromatic heterocycles. The Kier molecular flexibility index (Phi) is 5.97. The third kappa shape index (κ3) is 3.85. The van der Waals surface area contributed by atoms with Gasteiger partial charge in [-0.3, -0.25) is 14.5 Å². The van der Waals surface area contributed by atoms with E-state index in [0.717, 1.165) is 6.07 Å². The fraction of sp³-hybridized carbons (Fsp3) is 0.120. The molecule has 162 valence electrons. The summed E-state index contributed by atoms with van der Waals surface area (Å²) in [5.41, 5.74) is 1.16. The maximum Gasteiger partial charge on any atom is 0.300 e. The summed E-state index contributed by atoms with van der Waals surface area (Å²) in [5.74, 6) is -2.02. The van der Waals surface area contributed by atoms with Gasteiger partial charge in [-0.05, 0) is 55.0 Å². The van der Waals surface area contributed by atoms with Crippen LogP contribution in [-0.4, -0.2) is 23.4 Å². The predicted octanol–water partition coefficient (Wildman–Crippen LogP) is 5.50. The minimum atomic E-state index is -0.913. The molecule has 1 heterocycles. The highest BCUT2D eigenvalue weighted by atomic mass is 35.5. The number of aliphatic hydroxyl groups excluding tert-OH is 1. The normalized spacial score (nSPS) is 17.6. The second-order valence-corrected chi connectivity index (χ2v) is 7.54. The smallest absolute Gasteiger partial charge is 0.300 e. The molecule has 0 saturated carbocycles. The van der Waals surface area contributed by atoms with Crippen LogP contribution in [0.25, 0.3) is 5.76 Å². The van der Waals surface area contributed by atoms with Crippen molar-refractivity contribution in [2.75, 3.05) is 11.5 Å². The van der Waals surface area contributed by atoms with Gasteiger partial charge in [-0.2, -0.15) is 0 Å². The molecule has 1 unspecified atom stereocenters. The van der Waals surface area contributed by atoms with Gasteiger partial charge in [0.05, 0.1) is 23.2 Å². The summed E-state index contributed by atoms with van der Waals surface area (Å²) >= 11 is 5.93. The molecule has 1 saturated heterocycles. The van der Waals surface area contributed by atoms with Crippen molar-refractivity contribution in [3.8, 4) is 5.75 Å². The molecule has 1 aliphatic heterocycles. The molecule has 5 nitrogen and oxygen atoms in total. The summed E-state index contributed by atoms with van der Waals surface area (Å²) in [6.07, 6.45) is 0. The van der Waals surface area contributed by atoms with E-state index in [2.05, 4.69) is 0 Å². The Hall–Kier alpha value is -3.64. The zero-order valence-electron chi connectivity index (χ0n) is 17.1. The van der Waals surface area contributed by atoms with Crippen molar-refractivity contribution in [3.63, 3.8) is 0 Å². The lowest BCUT2D eigenvalue weighted by molar-refractivity contribution is -0.132. The fourth-order valence-corrected chi connectivity index (χ4v) is 3.89. The quantitative estimate of drug-likeness (QED) is 0.316. The molecule has 1 atom stereocenters. The van der Waals surface area contributed by atoms with Gasteiger partial charge < -0.3 is 9.84 Å². The lowest BCUT2D eigenvalue weighted by Gasteiger charge is -2.25. The Morgan fingerprint density at radius 1 is 1.06 bits per heavy atom. The average molecular weight is 452 g/mol. The van der Waals surface area contributed by atoms with Gasteiger partial charge in [0.1, 0.15) is 17.3 Å². The number of halogens is 2. The third-order valence-corrected chi connectivity index (χ3v) is 5.47. The number of carbonyl (C=O) groups excluding carboxylic acids is 2. The molecule has 3 aromatic rings. The van der Waals surface area contributed by atoms with Gasteiger partial charge in [0.2, 0.25) is 0 Å². The SMILES string of the molecule is CCOc1ccc(/C(O)=C2\C(=O)C(=O)N(c3ccc(F)c(Cl)c3)C2c2ccccc2)cc1. The number of rotatable bonds is 5. The highest BCUT2D eigenvalue weighted by molar-refractivity contribution is 6.51. The van der Waals surface area contributed by atoms with Crippen LogP contribution in [-0.2, 0) is 9.59 Å². The molecule has 0 spiro atoms. The number of benzene rings is 3. The van der Waals surface area contributed by atoms with Crippen molar-refractivity contribution in [2.24, 2.45) is 0 Å². The highest BCUT2D eigenvalue weighted by Gasteiger charge is 2.47. The molecule has 7 heteroatoms. The number of amides is 1. The second kappa shape index (κ2) is 8.85. The van der Waals surface area contributed by atoms with Crippen LogP contribution in [0.3, 0.4) is 0 Å². The topological polar surface area (TPSA) is 66.8 Å². The first kappa shape index (κ1) is 21.6. The first-order valence-corrected chi connectivity index (χ1v) is 10.3. The molecule has 0 radical (unpaired) electrons. The van der Waals surface area contributed by atoms with Gasteiger partial charge in [-0.25, -0.2) is 4.39 Å². The molecule has 1 fully saturated rings. The predicted molar refractivity (Wildman–Crippen MR) is 120 cm³/mol. The standard InChI is InChI=1S/C25H19ClFNO4/c1-2-32-18-11-8-16(9-12-18)23(29)21-22(15-6-4-3-5-7-15)28(25(31)24(21)30)17-10-13-20(27)19(26)14-17/h3-14,22,29H,2H2,1H3/b23-21+. The Morgan fingerprint density at radius 2 is 1.75 bits per heavy atom. The van der Waals surface area contributed by atoms with Crippen molar-refractivity contribution in [3.05, 3.63) is 100 Å². The van der Waals surface area contributed by atoms with Crippen LogP contribution in [0.1, 0.15) is 24.1 Å². The lowest BCUT2D eigenvalue weighted by atomic mass is 9.95. The zero-order valence-corrected chi connectivity index (χ0v) is 17.8. The number of Topliss-reactive ketones (excluding diaryl/α,β-unsaturated/α-hetero) is 1. The van der Waals surface area contributed by atoms with Crippen LogP contribution in [0.4, 0.5) is 10.1 Å². The second-order valence-electron chi connectivity index (χ2n) is 7.14. The molecule has 1 amide bonds. The number of nitrogens with zero attached hydrogens (tertiary/aromatic N) is 1. The van der Waals surface area contributed by atoms with Crippen LogP contribution >= 0.6 is 11.6 Å². The van der Waals surface area contributed by atoms with Gasteiger partial charge >= 0.3 is 0 Å². The van der Waals surface area contributed by atoms with Crippen molar-refractivity contribution >= 4 is 34.7 Å². The van der Waals surface area contributed by atoms with Gasteiger partial charge in [-0.15, -0.1) is 0 Å². The highest BCUT2D eigenvalue weighted by Crippen LogP contribution is 2.42. The van der Waals surface area contributed by atoms with E-state index in [1.807, 2.05) is 6.92 Å². The van der Waals surface area contributed by atoms with Crippen molar-refractivity contribution in [1.29, 1.82) is 0 Å². The van der Waals surface area contributed by atoms with E-state index in [9.17, 15) is 19.1 Å². The van der Waals surface area contributed by atoms with E-state index in [-0.39, 0.29) is 22.0 Å². The van der Waals surface area contributed by atoms with Crippen LogP contribution in [0, 0.1) is 5.82 Å². The molecule has 1 aliphatic rings. The number of anilines is 1. The van der Waals surface area contributed by atoms with Gasteiger partial charge in [0.25, 0.3) is 11.7 Å². The first-order chi connectivity index (χ1) is 15.4. The summed E-state index contributed by atoms with van der Waals surface area (Å²) in [5, 5.41) is 10.9. The summed E-state index contributed by atoms with van der Waals surface area (Å²) in [6, 6.07) is 18.3. The molecule has 1 N–H and O–H groups in total. The molecule has 4 rings (SSSR count). The van der Waals surface area contributed by atoms with Crippen molar-refractivity contribution in [2.45, 2.75) is 13.0 Å². The van der Waals surface area contributed by atoms with E-state index in [4.69, 9.17) is 16.3 Å². The zero-order chi connectivity index (χ0) is 22.8. The Balaban J connectivity index is 1.88. The van der Waals surface area contributed by atoms with Gasteiger partial charge in [0.15, 0.2) is 0 Å². The molecule has 0 aliphatic carbocycles. The van der Waals surface area contributed by atoms with Gasteiger partial charge in [0, 0.05) is 11.3 Å². The van der Waals surface area contributed by atoms with Crippen molar-refractivity contribution in [1.82, 2.24) is 0 Å². The summed E-state index contributed by atoms with van der Waals surface area (Å²) in [4.78, 5) is 27.3. The molecule has 3 aromatic carbocycles. The number of carbonyl (C=O) groups is 2. The van der Waals surface area contributed by atoms with E-state index in [0.29, 0.717) is 23.5 Å². The van der Waals surface area contributed by atoms with E-state index in [1.165, 1.54) is 17.0 Å². The number of ketones is 1. The van der Waals surface area contributed by atoms with E-state index >= 15 is 0 Å². The van der Waals surface area contributed by atoms with E-state index in [1.54, 1.807) is 54.6 Å². The minimum absolute atomic E-state index is 0.0641.